The van der Waals surface area contributed by atoms with Crippen molar-refractivity contribution in [3.63, 3.8) is 0 Å². The molecule has 0 spiro atoms. The Kier molecular flexibility index (Phi) is 3.84. The van der Waals surface area contributed by atoms with E-state index >= 15 is 0 Å². The van der Waals surface area contributed by atoms with Crippen molar-refractivity contribution >= 4 is 33.6 Å². The first-order valence-corrected chi connectivity index (χ1v) is 6.54. The molecule has 0 atom stereocenters. The van der Waals surface area contributed by atoms with Gasteiger partial charge >= 0.3 is 5.00 Å². The number of nitrogens with zero attached hydrogens (tertiary/aromatic N) is 1. The minimum absolute atomic E-state index is 0.154. The van der Waals surface area contributed by atoms with E-state index in [4.69, 9.17) is 11.6 Å². The molecule has 6 heteroatoms. The molecule has 1 aromatic heterocycles. The van der Waals surface area contributed by atoms with E-state index in [1.54, 1.807) is 11.4 Å². The molecule has 18 heavy (non-hydrogen) atoms. The maximum absolute atomic E-state index is 10.6. The van der Waals surface area contributed by atoms with E-state index in [9.17, 15) is 10.1 Å². The van der Waals surface area contributed by atoms with Gasteiger partial charge in [-0.3, -0.25) is 10.1 Å². The van der Waals surface area contributed by atoms with Gasteiger partial charge in [-0.15, -0.1) is 0 Å². The molecule has 1 heterocycles. The number of aryl methyl sites for hydroxylation is 1. The molecule has 0 unspecified atom stereocenters. The van der Waals surface area contributed by atoms with E-state index in [1.165, 1.54) is 0 Å². The molecule has 4 nitrogen and oxygen atoms in total. The van der Waals surface area contributed by atoms with Crippen LogP contribution in [0.25, 0.3) is 0 Å². The number of benzene rings is 1. The summed E-state index contributed by atoms with van der Waals surface area (Å²) in [6.45, 7) is 2.49. The Morgan fingerprint density at radius 2 is 2.22 bits per heavy atom. The lowest BCUT2D eigenvalue weighted by Crippen LogP contribution is -1.98. The minimum atomic E-state index is -0.382. The molecule has 1 aromatic carbocycles. The summed E-state index contributed by atoms with van der Waals surface area (Å²) in [5.74, 6) is 0. The van der Waals surface area contributed by atoms with Gasteiger partial charge in [0.05, 0.1) is 15.6 Å². The number of nitrogens with one attached hydrogen (secondary N) is 1. The predicted molar refractivity (Wildman–Crippen MR) is 74.5 cm³/mol. The lowest BCUT2D eigenvalue weighted by Gasteiger charge is -2.07. The highest BCUT2D eigenvalue weighted by Gasteiger charge is 2.09. The van der Waals surface area contributed by atoms with Crippen molar-refractivity contribution in [1.82, 2.24) is 0 Å². The van der Waals surface area contributed by atoms with Crippen molar-refractivity contribution in [2.75, 3.05) is 5.32 Å². The average molecular weight is 283 g/mol. The third-order valence-electron chi connectivity index (χ3n) is 2.43. The molecule has 1 N–H and O–H groups in total. The topological polar surface area (TPSA) is 55.2 Å². The van der Waals surface area contributed by atoms with Crippen LogP contribution < -0.4 is 5.32 Å². The van der Waals surface area contributed by atoms with Crippen molar-refractivity contribution in [3.05, 3.63) is 55.9 Å². The highest BCUT2D eigenvalue weighted by molar-refractivity contribution is 7.13. The van der Waals surface area contributed by atoms with E-state index in [-0.39, 0.29) is 9.92 Å². The summed E-state index contributed by atoms with van der Waals surface area (Å²) < 4.78 is 0. The summed E-state index contributed by atoms with van der Waals surface area (Å²) >= 11 is 7.21. The first kappa shape index (κ1) is 12.9. The lowest BCUT2D eigenvalue weighted by molar-refractivity contribution is -0.380. The molecule has 94 valence electrons. The van der Waals surface area contributed by atoms with E-state index in [2.05, 4.69) is 5.32 Å². The van der Waals surface area contributed by atoms with Gasteiger partial charge in [-0.1, -0.05) is 29.0 Å². The van der Waals surface area contributed by atoms with Crippen LogP contribution in [-0.2, 0) is 6.54 Å². The number of rotatable bonds is 4. The zero-order chi connectivity index (χ0) is 13.1. The Morgan fingerprint density at radius 3 is 2.83 bits per heavy atom. The van der Waals surface area contributed by atoms with Gasteiger partial charge in [-0.05, 0) is 30.2 Å². The number of halogens is 1. The molecule has 0 saturated carbocycles. The summed E-state index contributed by atoms with van der Waals surface area (Å²) in [4.78, 5) is 10.2. The second-order valence-corrected chi connectivity index (χ2v) is 5.18. The van der Waals surface area contributed by atoms with Gasteiger partial charge in [0.15, 0.2) is 0 Å². The standard InChI is InChI=1S/C12H11ClN2O2S/c1-8-2-3-11(10(13)4-8)14-6-9-5-12(15(16)17)18-7-9/h2-5,7,14H,6H2,1H3. The molecule has 0 saturated heterocycles. The number of hydrogen-bond donors (Lipinski definition) is 1. The number of thiophene rings is 1. The predicted octanol–water partition coefficient (Wildman–Crippen LogP) is 4.23. The molecular formula is C12H11ClN2O2S. The van der Waals surface area contributed by atoms with Crippen molar-refractivity contribution in [2.45, 2.75) is 13.5 Å². The molecule has 0 fully saturated rings. The Balaban J connectivity index is 2.04. The third-order valence-corrected chi connectivity index (χ3v) is 3.67. The van der Waals surface area contributed by atoms with E-state index in [0.717, 1.165) is 28.2 Å². The minimum Gasteiger partial charge on any atom is -0.380 e. The molecule has 0 aliphatic rings. The Labute approximate surface area is 113 Å². The second-order valence-electron chi connectivity index (χ2n) is 3.89. The second kappa shape index (κ2) is 5.37. The molecule has 0 aliphatic carbocycles. The molecular weight excluding hydrogens is 272 g/mol. The first-order valence-electron chi connectivity index (χ1n) is 5.28. The van der Waals surface area contributed by atoms with E-state index in [1.807, 2.05) is 25.1 Å². The summed E-state index contributed by atoms with van der Waals surface area (Å²) in [7, 11) is 0. The molecule has 2 aromatic rings. The quantitative estimate of drug-likeness (QED) is 0.674. The summed E-state index contributed by atoms with van der Waals surface area (Å²) in [5, 5.41) is 16.3. The van der Waals surface area contributed by atoms with Crippen LogP contribution in [0.2, 0.25) is 5.02 Å². The number of nitro groups is 1. The van der Waals surface area contributed by atoms with Gasteiger partial charge in [0.25, 0.3) is 0 Å². The number of hydrogen-bond acceptors (Lipinski definition) is 4. The normalized spacial score (nSPS) is 10.3. The van der Waals surface area contributed by atoms with Crippen LogP contribution in [0.3, 0.4) is 0 Å². The van der Waals surface area contributed by atoms with E-state index < -0.39 is 0 Å². The van der Waals surface area contributed by atoms with Crippen LogP contribution in [0, 0.1) is 17.0 Å². The largest absolute Gasteiger partial charge is 0.380 e. The Hall–Kier alpha value is -1.59. The van der Waals surface area contributed by atoms with Gasteiger partial charge in [0.1, 0.15) is 0 Å². The van der Waals surface area contributed by atoms with Crippen molar-refractivity contribution in [1.29, 1.82) is 0 Å². The van der Waals surface area contributed by atoms with Crippen LogP contribution in [0.1, 0.15) is 11.1 Å². The SMILES string of the molecule is Cc1ccc(NCc2csc([N+](=O)[O-])c2)c(Cl)c1. The fraction of sp³-hybridized carbons (Fsp3) is 0.167. The van der Waals surface area contributed by atoms with Gasteiger partial charge in [-0.2, -0.15) is 0 Å². The highest BCUT2D eigenvalue weighted by Crippen LogP contribution is 2.26. The Morgan fingerprint density at radius 1 is 1.44 bits per heavy atom. The van der Waals surface area contributed by atoms with Crippen LogP contribution in [0.4, 0.5) is 10.7 Å². The zero-order valence-corrected chi connectivity index (χ0v) is 11.2. The van der Waals surface area contributed by atoms with Crippen molar-refractivity contribution < 1.29 is 4.92 Å². The van der Waals surface area contributed by atoms with Gasteiger partial charge in [0.2, 0.25) is 0 Å². The van der Waals surface area contributed by atoms with Crippen LogP contribution in [0.15, 0.2) is 29.6 Å². The fourth-order valence-electron chi connectivity index (χ4n) is 1.51. The van der Waals surface area contributed by atoms with Crippen molar-refractivity contribution in [3.8, 4) is 0 Å². The third kappa shape index (κ3) is 3.00. The maximum Gasteiger partial charge on any atom is 0.324 e. The highest BCUT2D eigenvalue weighted by atomic mass is 35.5. The van der Waals surface area contributed by atoms with Gasteiger partial charge in [-0.25, -0.2) is 0 Å². The first-order chi connectivity index (χ1) is 8.56. The maximum atomic E-state index is 10.6. The van der Waals surface area contributed by atoms with E-state index in [0.29, 0.717) is 11.6 Å². The Bertz CT molecular complexity index is 583. The average Bonchev–Trinajstić information content (AvgIpc) is 2.76. The molecule has 0 radical (unpaired) electrons. The van der Waals surface area contributed by atoms with Crippen molar-refractivity contribution in [2.24, 2.45) is 0 Å². The summed E-state index contributed by atoms with van der Waals surface area (Å²) in [6, 6.07) is 7.31. The fourth-order valence-corrected chi connectivity index (χ4v) is 2.54. The summed E-state index contributed by atoms with van der Waals surface area (Å²) in [6.07, 6.45) is 0. The van der Waals surface area contributed by atoms with Gasteiger partial charge < -0.3 is 5.32 Å². The molecule has 2 rings (SSSR count). The summed E-state index contributed by atoms with van der Waals surface area (Å²) in [5.41, 5.74) is 2.80. The molecule has 0 amide bonds. The number of anilines is 1. The van der Waals surface area contributed by atoms with Crippen LogP contribution in [-0.4, -0.2) is 4.92 Å². The van der Waals surface area contributed by atoms with Crippen LogP contribution >= 0.6 is 22.9 Å². The monoisotopic (exact) mass is 282 g/mol. The molecule has 0 bridgehead atoms. The van der Waals surface area contributed by atoms with Crippen LogP contribution in [0.5, 0.6) is 0 Å². The smallest absolute Gasteiger partial charge is 0.324 e. The molecule has 0 aliphatic heterocycles. The lowest BCUT2D eigenvalue weighted by atomic mass is 10.2. The zero-order valence-electron chi connectivity index (χ0n) is 9.64. The van der Waals surface area contributed by atoms with Gasteiger partial charge in [0, 0.05) is 18.0 Å².